The molecule has 1 saturated heterocycles. The number of non-ortho nitro benzene ring substituents is 1. The van der Waals surface area contributed by atoms with Gasteiger partial charge >= 0.3 is 0 Å². The van der Waals surface area contributed by atoms with Crippen molar-refractivity contribution in [3.8, 4) is 5.75 Å². The molecule has 2 amide bonds. The minimum atomic E-state index is -0.897. The zero-order valence-electron chi connectivity index (χ0n) is 12.6. The Labute approximate surface area is 146 Å². The molecule has 1 aliphatic heterocycles. The number of carbonyl (C=O) groups excluding carboxylic acids is 2. The molecule has 2 N–H and O–H groups in total. The number of rotatable bonds is 4. The number of β-lactam (4-membered cyclic amide) rings is 1. The van der Waals surface area contributed by atoms with E-state index in [1.54, 1.807) is 12.1 Å². The molecule has 0 aromatic heterocycles. The normalized spacial score (nSPS) is 19.2. The molecule has 25 heavy (non-hydrogen) atoms. The van der Waals surface area contributed by atoms with E-state index in [0.29, 0.717) is 5.56 Å². The number of nitro benzene ring substituents is 1. The van der Waals surface area contributed by atoms with Crippen molar-refractivity contribution >= 4 is 29.1 Å². The van der Waals surface area contributed by atoms with Crippen molar-refractivity contribution in [3.63, 3.8) is 0 Å². The van der Waals surface area contributed by atoms with Crippen LogP contribution in [0.15, 0.2) is 48.5 Å². The Kier molecular flexibility index (Phi) is 4.28. The summed E-state index contributed by atoms with van der Waals surface area (Å²) in [5.41, 5.74) is 2.87. The lowest BCUT2D eigenvalue weighted by molar-refractivity contribution is -0.384. The maximum atomic E-state index is 12.2. The van der Waals surface area contributed by atoms with Gasteiger partial charge in [0.05, 0.1) is 10.5 Å². The van der Waals surface area contributed by atoms with E-state index in [1.165, 1.54) is 36.4 Å². The molecule has 1 aliphatic rings. The highest BCUT2D eigenvalue weighted by Gasteiger charge is 2.48. The van der Waals surface area contributed by atoms with Gasteiger partial charge in [0, 0.05) is 12.1 Å². The predicted octanol–water partition coefficient (Wildman–Crippen LogP) is 2.14. The van der Waals surface area contributed by atoms with E-state index in [2.05, 4.69) is 5.43 Å². The third-order valence-corrected chi connectivity index (χ3v) is 4.27. The van der Waals surface area contributed by atoms with E-state index in [-0.39, 0.29) is 17.0 Å². The van der Waals surface area contributed by atoms with Crippen LogP contribution in [-0.2, 0) is 4.79 Å². The van der Waals surface area contributed by atoms with Crippen LogP contribution in [0.1, 0.15) is 22.0 Å². The number of carbonyl (C=O) groups is 2. The average Bonchev–Trinajstić information content (AvgIpc) is 2.61. The van der Waals surface area contributed by atoms with Crippen LogP contribution in [-0.4, -0.2) is 32.2 Å². The Balaban J connectivity index is 1.80. The van der Waals surface area contributed by atoms with Gasteiger partial charge < -0.3 is 5.11 Å². The summed E-state index contributed by atoms with van der Waals surface area (Å²) < 4.78 is 0. The lowest BCUT2D eigenvalue weighted by Gasteiger charge is -2.43. The molecule has 0 spiro atoms. The number of nitrogens with one attached hydrogen (secondary N) is 1. The minimum absolute atomic E-state index is 0.00997. The first-order valence-corrected chi connectivity index (χ1v) is 7.64. The average molecular weight is 362 g/mol. The number of hydrazine groups is 1. The summed E-state index contributed by atoms with van der Waals surface area (Å²) in [6.07, 6.45) is 0. The summed E-state index contributed by atoms with van der Waals surface area (Å²) in [5.74, 6) is -1.39. The summed E-state index contributed by atoms with van der Waals surface area (Å²) in [6.45, 7) is 0. The number of aromatic hydroxyl groups is 1. The lowest BCUT2D eigenvalue weighted by Crippen LogP contribution is -2.63. The molecule has 1 fully saturated rings. The van der Waals surface area contributed by atoms with Crippen molar-refractivity contribution in [3.05, 3.63) is 69.8 Å². The number of halogens is 1. The molecule has 0 aliphatic carbocycles. The Bertz CT molecular complexity index is 855. The Morgan fingerprint density at radius 1 is 1.20 bits per heavy atom. The number of hydrogen-bond acceptors (Lipinski definition) is 5. The number of alkyl halides is 1. The Morgan fingerprint density at radius 3 is 2.44 bits per heavy atom. The van der Waals surface area contributed by atoms with Gasteiger partial charge in [0.1, 0.15) is 17.2 Å². The molecule has 1 heterocycles. The van der Waals surface area contributed by atoms with Crippen LogP contribution in [0.3, 0.4) is 0 Å². The van der Waals surface area contributed by atoms with Gasteiger partial charge in [-0.1, -0.05) is 12.1 Å². The van der Waals surface area contributed by atoms with Gasteiger partial charge in [-0.25, -0.2) is 5.01 Å². The first kappa shape index (κ1) is 16.7. The highest BCUT2D eigenvalue weighted by molar-refractivity contribution is 6.33. The van der Waals surface area contributed by atoms with E-state index in [4.69, 9.17) is 11.6 Å². The van der Waals surface area contributed by atoms with Crippen molar-refractivity contribution in [2.75, 3.05) is 0 Å². The zero-order valence-corrected chi connectivity index (χ0v) is 13.4. The van der Waals surface area contributed by atoms with Crippen molar-refractivity contribution in [2.24, 2.45) is 0 Å². The highest BCUT2D eigenvalue weighted by Crippen LogP contribution is 2.37. The minimum Gasteiger partial charge on any atom is -0.507 e. The molecule has 9 heteroatoms. The van der Waals surface area contributed by atoms with Crippen LogP contribution in [0.4, 0.5) is 5.69 Å². The van der Waals surface area contributed by atoms with Crippen LogP contribution in [0.5, 0.6) is 5.75 Å². The molecule has 0 saturated carbocycles. The number of para-hydroxylation sites is 1. The van der Waals surface area contributed by atoms with Gasteiger partial charge in [-0.05, 0) is 29.8 Å². The maximum Gasteiger partial charge on any atom is 0.273 e. The summed E-state index contributed by atoms with van der Waals surface area (Å²) in [4.78, 5) is 34.4. The van der Waals surface area contributed by atoms with Gasteiger partial charge in [-0.2, -0.15) is 0 Å². The smallest absolute Gasteiger partial charge is 0.273 e. The van der Waals surface area contributed by atoms with Gasteiger partial charge in [-0.15, -0.1) is 11.6 Å². The second-order valence-corrected chi connectivity index (χ2v) is 5.83. The first-order chi connectivity index (χ1) is 11.9. The SMILES string of the molecule is O=C(NN1C(=O)[C@H](Cl)[C@H]1c1ccc([N+](=O)[O-])cc1)c1ccccc1O. The molecular formula is C16H12ClN3O5. The number of amides is 2. The van der Waals surface area contributed by atoms with Crippen molar-refractivity contribution in [2.45, 2.75) is 11.4 Å². The lowest BCUT2D eigenvalue weighted by atomic mass is 9.95. The molecule has 0 bridgehead atoms. The van der Waals surface area contributed by atoms with Crippen molar-refractivity contribution in [1.29, 1.82) is 0 Å². The van der Waals surface area contributed by atoms with E-state index in [9.17, 15) is 24.8 Å². The van der Waals surface area contributed by atoms with Crippen LogP contribution < -0.4 is 5.43 Å². The maximum absolute atomic E-state index is 12.2. The monoisotopic (exact) mass is 361 g/mol. The second kappa shape index (κ2) is 6.40. The number of phenolic OH excluding ortho intramolecular Hbond substituents is 1. The predicted molar refractivity (Wildman–Crippen MR) is 87.9 cm³/mol. The van der Waals surface area contributed by atoms with Gasteiger partial charge in [0.25, 0.3) is 17.5 Å². The third kappa shape index (κ3) is 2.99. The van der Waals surface area contributed by atoms with Crippen LogP contribution in [0, 0.1) is 10.1 Å². The first-order valence-electron chi connectivity index (χ1n) is 7.20. The molecular weight excluding hydrogens is 350 g/mol. The second-order valence-electron chi connectivity index (χ2n) is 5.36. The zero-order chi connectivity index (χ0) is 18.1. The molecule has 0 radical (unpaired) electrons. The van der Waals surface area contributed by atoms with Crippen LogP contribution >= 0.6 is 11.6 Å². The molecule has 2 atom stereocenters. The Morgan fingerprint density at radius 2 is 1.84 bits per heavy atom. The van der Waals surface area contributed by atoms with Crippen molar-refractivity contribution < 1.29 is 19.6 Å². The molecule has 0 unspecified atom stereocenters. The number of nitro groups is 1. The van der Waals surface area contributed by atoms with Crippen molar-refractivity contribution in [1.82, 2.24) is 10.4 Å². The molecule has 2 aromatic carbocycles. The molecule has 3 rings (SSSR count). The fraction of sp³-hybridized carbons (Fsp3) is 0.125. The number of nitrogens with zero attached hydrogens (tertiary/aromatic N) is 2. The van der Waals surface area contributed by atoms with Crippen LogP contribution in [0.25, 0.3) is 0 Å². The van der Waals surface area contributed by atoms with E-state index < -0.39 is 28.2 Å². The summed E-state index contributed by atoms with van der Waals surface area (Å²) in [5, 5.41) is 20.6. The standard InChI is InChI=1S/C16H12ClN3O5/c17-13-14(9-5-7-10(8-6-9)20(24)25)19(16(13)23)18-15(22)11-3-1-2-4-12(11)21/h1-8,13-14,21H,(H,18,22)/t13-,14-/m1/s1. The van der Waals surface area contributed by atoms with Crippen LogP contribution in [0.2, 0.25) is 0 Å². The van der Waals surface area contributed by atoms with Gasteiger partial charge in [-0.3, -0.25) is 25.1 Å². The van der Waals surface area contributed by atoms with E-state index >= 15 is 0 Å². The van der Waals surface area contributed by atoms with Gasteiger partial charge in [0.2, 0.25) is 0 Å². The molecule has 2 aromatic rings. The summed E-state index contributed by atoms with van der Waals surface area (Å²) >= 11 is 6.03. The fourth-order valence-electron chi connectivity index (χ4n) is 2.52. The third-order valence-electron chi connectivity index (χ3n) is 3.84. The Hall–Kier alpha value is -3.13. The summed E-state index contributed by atoms with van der Waals surface area (Å²) in [6, 6.07) is 10.8. The highest BCUT2D eigenvalue weighted by atomic mass is 35.5. The number of benzene rings is 2. The van der Waals surface area contributed by atoms with Gasteiger partial charge in [0.15, 0.2) is 0 Å². The summed E-state index contributed by atoms with van der Waals surface area (Å²) in [7, 11) is 0. The number of hydrogen-bond donors (Lipinski definition) is 2. The number of phenols is 1. The topological polar surface area (TPSA) is 113 Å². The largest absolute Gasteiger partial charge is 0.507 e. The fourth-order valence-corrected chi connectivity index (χ4v) is 2.89. The van der Waals surface area contributed by atoms with E-state index in [1.807, 2.05) is 0 Å². The molecule has 128 valence electrons. The van der Waals surface area contributed by atoms with E-state index in [0.717, 1.165) is 5.01 Å². The quantitative estimate of drug-likeness (QED) is 0.375. The molecule has 8 nitrogen and oxygen atoms in total.